The van der Waals surface area contributed by atoms with E-state index in [4.69, 9.17) is 27.9 Å². The molecule has 0 saturated carbocycles. The van der Waals surface area contributed by atoms with Gasteiger partial charge in [0.1, 0.15) is 5.75 Å². The number of aromatic amines is 1. The molecule has 2 aromatic rings. The predicted molar refractivity (Wildman–Crippen MR) is 143 cm³/mol. The molecule has 1 aromatic carbocycles. The van der Waals surface area contributed by atoms with E-state index in [9.17, 15) is 26.7 Å². The van der Waals surface area contributed by atoms with Gasteiger partial charge in [-0.3, -0.25) is 9.69 Å². The van der Waals surface area contributed by atoms with Crippen molar-refractivity contribution in [3.05, 3.63) is 77.7 Å². The number of hydrogen-bond donors (Lipinski definition) is 2. The molecule has 5 nitrogen and oxygen atoms in total. The molecule has 1 aliphatic rings. The zero-order chi connectivity index (χ0) is 29.6. The number of carbonyl (C=O) groups is 1. The lowest BCUT2D eigenvalue weighted by Crippen LogP contribution is -2.46. The second-order valence-corrected chi connectivity index (χ2v) is 10.6. The largest absolute Gasteiger partial charge is 0.494 e. The van der Waals surface area contributed by atoms with Crippen LogP contribution < -0.4 is 4.74 Å². The highest BCUT2D eigenvalue weighted by Gasteiger charge is 2.51. The first-order valence-electron chi connectivity index (χ1n) is 12.5. The van der Waals surface area contributed by atoms with Crippen LogP contribution in [0.2, 0.25) is 0 Å². The Bertz CT molecular complexity index is 1250. The average Bonchev–Trinajstić information content (AvgIpc) is 3.39. The fourth-order valence-electron chi connectivity index (χ4n) is 4.65. The number of H-pyrrole nitrogens is 1. The minimum atomic E-state index is -4.59. The minimum Gasteiger partial charge on any atom is -0.494 e. The maximum absolute atomic E-state index is 14.9. The van der Waals surface area contributed by atoms with Gasteiger partial charge in [0.15, 0.2) is 0 Å². The number of terminal acetylenes is 1. The van der Waals surface area contributed by atoms with Crippen molar-refractivity contribution < 1.29 is 36.6 Å². The molecule has 11 heteroatoms. The van der Waals surface area contributed by atoms with Gasteiger partial charge in [0.25, 0.3) is 0 Å². The van der Waals surface area contributed by atoms with E-state index in [1.165, 1.54) is 31.3 Å². The van der Waals surface area contributed by atoms with Gasteiger partial charge < -0.3 is 14.8 Å². The van der Waals surface area contributed by atoms with Crippen LogP contribution >= 0.6 is 11.6 Å². The van der Waals surface area contributed by atoms with E-state index in [2.05, 4.69) is 4.98 Å². The third-order valence-electron chi connectivity index (χ3n) is 6.77. The number of hydrogen-bond acceptors (Lipinski definition) is 3. The molecule has 0 bridgehead atoms. The smallest absolute Gasteiger partial charge is 0.397 e. The average molecular weight is 585 g/mol. The van der Waals surface area contributed by atoms with Crippen molar-refractivity contribution in [2.75, 3.05) is 26.2 Å². The Morgan fingerprint density at radius 3 is 2.65 bits per heavy atom. The lowest BCUT2D eigenvalue weighted by Gasteiger charge is -2.39. The SMILES string of the molecule is C#CC(F)(F)C(CN(CCCOc1cccc(CC(=O)O)c1)CC1=CC=CC(C(F)(F)F)C1(C)Cl)c1ccc[nH]1. The summed E-state index contributed by atoms with van der Waals surface area (Å²) in [5.41, 5.74) is 0.976. The standard InChI is InChI=1S/C29H30ClF5N2O3/c1-3-28(31,32)23(24-11-6-13-36-24)19-37(18-21-9-5-12-25(27(21,2)30)29(33,34)35)14-7-15-40-22-10-4-8-20(16-22)17-26(38)39/h1,4-6,8-13,16,23,25,36H,7,14-15,17-19H2,2H3,(H,38,39). The second kappa shape index (κ2) is 12.9. The van der Waals surface area contributed by atoms with Crippen LogP contribution in [-0.4, -0.2) is 64.2 Å². The number of alkyl halides is 6. The normalized spacial score (nSPS) is 20.2. The molecule has 216 valence electrons. The molecule has 3 rings (SSSR count). The lowest BCUT2D eigenvalue weighted by molar-refractivity contribution is -0.166. The van der Waals surface area contributed by atoms with Gasteiger partial charge in [0.2, 0.25) is 0 Å². The zero-order valence-corrected chi connectivity index (χ0v) is 22.5. The molecule has 2 N–H and O–H groups in total. The van der Waals surface area contributed by atoms with Crippen LogP contribution in [0.5, 0.6) is 5.75 Å². The van der Waals surface area contributed by atoms with Crippen molar-refractivity contribution in [1.29, 1.82) is 0 Å². The van der Waals surface area contributed by atoms with Crippen LogP contribution in [0.25, 0.3) is 0 Å². The highest BCUT2D eigenvalue weighted by atomic mass is 35.5. The van der Waals surface area contributed by atoms with Crippen molar-refractivity contribution in [2.24, 2.45) is 5.92 Å². The Hall–Kier alpha value is -3.29. The lowest BCUT2D eigenvalue weighted by atomic mass is 9.81. The van der Waals surface area contributed by atoms with Gasteiger partial charge in [-0.2, -0.15) is 22.0 Å². The first kappa shape index (κ1) is 31.2. The molecule has 1 aliphatic carbocycles. The maximum atomic E-state index is 14.9. The van der Waals surface area contributed by atoms with Crippen LogP contribution in [0.15, 0.2) is 66.4 Å². The Morgan fingerprint density at radius 1 is 1.27 bits per heavy atom. The first-order chi connectivity index (χ1) is 18.7. The number of benzene rings is 1. The van der Waals surface area contributed by atoms with Crippen molar-refractivity contribution in [2.45, 2.75) is 42.7 Å². The summed E-state index contributed by atoms with van der Waals surface area (Å²) in [6.07, 6.45) is 5.95. The number of nitrogens with one attached hydrogen (secondary N) is 1. The molecule has 1 heterocycles. The number of aliphatic carboxylic acids is 1. The van der Waals surface area contributed by atoms with Gasteiger partial charge >= 0.3 is 18.1 Å². The Balaban J connectivity index is 1.79. The quantitative estimate of drug-likeness (QED) is 0.123. The second-order valence-electron chi connectivity index (χ2n) is 9.77. The van der Waals surface area contributed by atoms with Crippen molar-refractivity contribution >= 4 is 17.6 Å². The summed E-state index contributed by atoms with van der Waals surface area (Å²) in [6.45, 7) is 1.22. The number of nitrogens with zero attached hydrogens (tertiary/aromatic N) is 1. The van der Waals surface area contributed by atoms with Gasteiger partial charge in [-0.1, -0.05) is 30.4 Å². The highest BCUT2D eigenvalue weighted by molar-refractivity contribution is 6.26. The Labute approximate surface area is 234 Å². The van der Waals surface area contributed by atoms with E-state index in [-0.39, 0.29) is 43.9 Å². The number of carboxylic acid groups (broad SMARTS) is 1. The monoisotopic (exact) mass is 584 g/mol. The van der Waals surface area contributed by atoms with Crippen molar-refractivity contribution in [3.63, 3.8) is 0 Å². The molecule has 0 spiro atoms. The van der Waals surface area contributed by atoms with Crippen LogP contribution in [0.1, 0.15) is 30.5 Å². The molecule has 0 amide bonds. The number of halogens is 6. The van der Waals surface area contributed by atoms with Crippen LogP contribution in [0.3, 0.4) is 0 Å². The molecular formula is C29H30ClF5N2O3. The number of rotatable bonds is 13. The van der Waals surface area contributed by atoms with Crippen LogP contribution in [-0.2, 0) is 11.2 Å². The van der Waals surface area contributed by atoms with Gasteiger partial charge in [-0.15, -0.1) is 18.0 Å². The molecule has 3 atom stereocenters. The molecule has 3 unspecified atom stereocenters. The summed E-state index contributed by atoms with van der Waals surface area (Å²) >= 11 is 6.46. The summed E-state index contributed by atoms with van der Waals surface area (Å²) in [5.74, 6) is -5.95. The topological polar surface area (TPSA) is 65.6 Å². The van der Waals surface area contributed by atoms with E-state index < -0.39 is 34.8 Å². The maximum Gasteiger partial charge on any atom is 0.397 e. The van der Waals surface area contributed by atoms with Gasteiger partial charge in [-0.25, -0.2) is 0 Å². The summed E-state index contributed by atoms with van der Waals surface area (Å²) in [7, 11) is 0. The van der Waals surface area contributed by atoms with Crippen LogP contribution in [0.4, 0.5) is 22.0 Å². The highest BCUT2D eigenvalue weighted by Crippen LogP contribution is 2.46. The fraction of sp³-hybridized carbons (Fsp3) is 0.414. The summed E-state index contributed by atoms with van der Waals surface area (Å²) in [4.78, 5) is 13.5. The Kier molecular flexibility index (Phi) is 10.1. The molecule has 0 radical (unpaired) electrons. The molecule has 40 heavy (non-hydrogen) atoms. The fourth-order valence-corrected chi connectivity index (χ4v) is 4.97. The van der Waals surface area contributed by atoms with Crippen LogP contribution in [0, 0.1) is 18.3 Å². The third-order valence-corrected chi connectivity index (χ3v) is 7.25. The summed E-state index contributed by atoms with van der Waals surface area (Å²) < 4.78 is 76.6. The van der Waals surface area contributed by atoms with E-state index in [1.54, 1.807) is 41.2 Å². The summed E-state index contributed by atoms with van der Waals surface area (Å²) in [5, 5.41) is 8.99. The molecule has 0 saturated heterocycles. The third kappa shape index (κ3) is 8.12. The molecule has 0 fully saturated rings. The first-order valence-corrected chi connectivity index (χ1v) is 12.9. The van der Waals surface area contributed by atoms with E-state index in [1.807, 2.05) is 0 Å². The predicted octanol–water partition coefficient (Wildman–Crippen LogP) is 6.44. The number of ether oxygens (including phenoxy) is 1. The van der Waals surface area contributed by atoms with E-state index >= 15 is 0 Å². The van der Waals surface area contributed by atoms with E-state index in [0.717, 1.165) is 6.08 Å². The minimum absolute atomic E-state index is 0.108. The summed E-state index contributed by atoms with van der Waals surface area (Å²) in [6, 6.07) is 9.60. The van der Waals surface area contributed by atoms with Crippen molar-refractivity contribution in [1.82, 2.24) is 9.88 Å². The molecule has 0 aliphatic heterocycles. The number of aromatic nitrogens is 1. The van der Waals surface area contributed by atoms with Gasteiger partial charge in [0.05, 0.1) is 29.7 Å². The van der Waals surface area contributed by atoms with E-state index in [0.29, 0.717) is 17.7 Å². The van der Waals surface area contributed by atoms with Gasteiger partial charge in [0, 0.05) is 31.5 Å². The zero-order valence-electron chi connectivity index (χ0n) is 21.7. The number of carboxylic acids is 1. The van der Waals surface area contributed by atoms with Gasteiger partial charge in [-0.05, 0) is 54.7 Å². The molecular weight excluding hydrogens is 555 g/mol. The van der Waals surface area contributed by atoms with Crippen molar-refractivity contribution in [3.8, 4) is 18.1 Å². The number of allylic oxidation sites excluding steroid dienone is 3. The molecule has 1 aromatic heterocycles. The Morgan fingerprint density at radius 2 is 2.02 bits per heavy atom.